The molecule has 3 nitrogen and oxygen atoms in total. The van der Waals surface area contributed by atoms with Crippen LogP contribution in [-0.2, 0) is 6.54 Å². The maximum absolute atomic E-state index is 6.11. The third kappa shape index (κ3) is 1.61. The molecular formula is C9H7BrClN3. The van der Waals surface area contributed by atoms with Gasteiger partial charge in [0.05, 0.1) is 16.2 Å². The summed E-state index contributed by atoms with van der Waals surface area (Å²) in [4.78, 5) is 0. The maximum Gasteiger partial charge on any atom is 0.0959 e. The molecule has 2 rings (SSSR count). The zero-order chi connectivity index (χ0) is 10.1. The predicted molar refractivity (Wildman–Crippen MR) is 60.1 cm³/mol. The Labute approximate surface area is 94.4 Å². The molecule has 0 bridgehead atoms. The number of hydrogen-bond acceptors (Lipinski definition) is 3. The Morgan fingerprint density at radius 1 is 1.36 bits per heavy atom. The lowest BCUT2D eigenvalue weighted by Gasteiger charge is -2.03. The van der Waals surface area contributed by atoms with Crippen LogP contribution in [0.25, 0.3) is 10.9 Å². The molecule has 1 aromatic heterocycles. The number of aromatic nitrogens is 2. The van der Waals surface area contributed by atoms with E-state index >= 15 is 0 Å². The summed E-state index contributed by atoms with van der Waals surface area (Å²) in [6.07, 6.45) is 0. The zero-order valence-corrected chi connectivity index (χ0v) is 9.51. The number of rotatable bonds is 1. The van der Waals surface area contributed by atoms with Crippen molar-refractivity contribution in [3.8, 4) is 0 Å². The van der Waals surface area contributed by atoms with Crippen LogP contribution < -0.4 is 5.73 Å². The van der Waals surface area contributed by atoms with Crippen LogP contribution in [0.5, 0.6) is 0 Å². The molecule has 0 radical (unpaired) electrons. The van der Waals surface area contributed by atoms with Crippen molar-refractivity contribution < 1.29 is 0 Å². The second kappa shape index (κ2) is 3.81. The number of halogens is 2. The van der Waals surface area contributed by atoms with Gasteiger partial charge in [0.25, 0.3) is 0 Å². The van der Waals surface area contributed by atoms with Crippen LogP contribution in [0.15, 0.2) is 22.7 Å². The van der Waals surface area contributed by atoms with Crippen molar-refractivity contribution in [2.24, 2.45) is 5.73 Å². The molecule has 14 heavy (non-hydrogen) atoms. The Balaban J connectivity index is 2.79. The first-order chi connectivity index (χ1) is 6.72. The summed E-state index contributed by atoms with van der Waals surface area (Å²) in [6.45, 7) is 0.300. The highest BCUT2D eigenvalue weighted by atomic mass is 79.9. The first-order valence-corrected chi connectivity index (χ1v) is 5.20. The second-order valence-corrected chi connectivity index (χ2v) is 4.12. The van der Waals surface area contributed by atoms with Gasteiger partial charge in [0.15, 0.2) is 0 Å². The monoisotopic (exact) mass is 271 g/mol. The van der Waals surface area contributed by atoms with Gasteiger partial charge >= 0.3 is 0 Å². The van der Waals surface area contributed by atoms with E-state index in [-0.39, 0.29) is 0 Å². The smallest absolute Gasteiger partial charge is 0.0959 e. The van der Waals surface area contributed by atoms with E-state index in [0.29, 0.717) is 17.3 Å². The van der Waals surface area contributed by atoms with Gasteiger partial charge in [-0.15, -0.1) is 0 Å². The minimum Gasteiger partial charge on any atom is -0.325 e. The fourth-order valence-corrected chi connectivity index (χ4v) is 1.84. The topological polar surface area (TPSA) is 51.8 Å². The number of nitrogens with zero attached hydrogens (tertiary/aromatic N) is 2. The highest BCUT2D eigenvalue weighted by molar-refractivity contribution is 9.10. The molecule has 1 heterocycles. The molecule has 5 heteroatoms. The van der Waals surface area contributed by atoms with Crippen LogP contribution in [0.4, 0.5) is 0 Å². The lowest BCUT2D eigenvalue weighted by molar-refractivity contribution is 0.920. The minimum atomic E-state index is 0.300. The number of nitrogens with two attached hydrogens (primary N) is 1. The van der Waals surface area contributed by atoms with Gasteiger partial charge in [0, 0.05) is 16.4 Å². The maximum atomic E-state index is 6.11. The van der Waals surface area contributed by atoms with Crippen LogP contribution in [0.1, 0.15) is 5.69 Å². The van der Waals surface area contributed by atoms with Gasteiger partial charge in [-0.3, -0.25) is 0 Å². The zero-order valence-electron chi connectivity index (χ0n) is 7.17. The van der Waals surface area contributed by atoms with E-state index < -0.39 is 0 Å². The molecule has 0 aliphatic rings. The summed E-state index contributed by atoms with van der Waals surface area (Å²) in [5.41, 5.74) is 6.88. The average molecular weight is 273 g/mol. The molecule has 0 saturated carbocycles. The number of fused-ring (bicyclic) bond motifs is 1. The van der Waals surface area contributed by atoms with E-state index in [1.165, 1.54) is 0 Å². The van der Waals surface area contributed by atoms with E-state index in [1.54, 1.807) is 0 Å². The Morgan fingerprint density at radius 3 is 2.86 bits per heavy atom. The summed E-state index contributed by atoms with van der Waals surface area (Å²) in [5.74, 6) is 0. The molecule has 2 N–H and O–H groups in total. The van der Waals surface area contributed by atoms with Gasteiger partial charge in [0.1, 0.15) is 0 Å². The largest absolute Gasteiger partial charge is 0.325 e. The summed E-state index contributed by atoms with van der Waals surface area (Å²) < 4.78 is 0.961. The predicted octanol–water partition coefficient (Wildman–Crippen LogP) is 2.50. The molecule has 2 aromatic rings. The molecule has 0 fully saturated rings. The minimum absolute atomic E-state index is 0.300. The SMILES string of the molecule is NCc1nnc2ccc(Br)cc2c1Cl. The lowest BCUT2D eigenvalue weighted by Crippen LogP contribution is -2.02. The normalized spacial score (nSPS) is 10.8. The van der Waals surface area contributed by atoms with Crippen molar-refractivity contribution in [2.75, 3.05) is 0 Å². The van der Waals surface area contributed by atoms with Gasteiger partial charge in [-0.05, 0) is 18.2 Å². The van der Waals surface area contributed by atoms with Crippen molar-refractivity contribution in [1.29, 1.82) is 0 Å². The van der Waals surface area contributed by atoms with Crippen LogP contribution in [0.3, 0.4) is 0 Å². The van der Waals surface area contributed by atoms with Crippen molar-refractivity contribution >= 4 is 38.4 Å². The first-order valence-electron chi connectivity index (χ1n) is 4.03. The average Bonchev–Trinajstić information content (AvgIpc) is 2.20. The molecule has 72 valence electrons. The van der Waals surface area contributed by atoms with Gasteiger partial charge in [0.2, 0.25) is 0 Å². The fraction of sp³-hybridized carbons (Fsp3) is 0.111. The number of benzene rings is 1. The fourth-order valence-electron chi connectivity index (χ4n) is 1.22. The number of hydrogen-bond donors (Lipinski definition) is 1. The van der Waals surface area contributed by atoms with E-state index in [2.05, 4.69) is 26.1 Å². The van der Waals surface area contributed by atoms with Crippen LogP contribution in [-0.4, -0.2) is 10.2 Å². The Bertz CT molecular complexity index is 487. The molecule has 0 unspecified atom stereocenters. The van der Waals surface area contributed by atoms with Gasteiger partial charge in [-0.2, -0.15) is 10.2 Å². The molecule has 0 aliphatic carbocycles. The third-order valence-corrected chi connectivity index (χ3v) is 2.84. The highest BCUT2D eigenvalue weighted by Gasteiger charge is 2.07. The van der Waals surface area contributed by atoms with Gasteiger partial charge < -0.3 is 5.73 Å². The van der Waals surface area contributed by atoms with E-state index in [9.17, 15) is 0 Å². The Hall–Kier alpha value is -0.710. The molecule has 1 aromatic carbocycles. The molecule has 0 aliphatic heterocycles. The van der Waals surface area contributed by atoms with Crippen LogP contribution >= 0.6 is 27.5 Å². The second-order valence-electron chi connectivity index (χ2n) is 2.83. The Morgan fingerprint density at radius 2 is 2.14 bits per heavy atom. The van der Waals surface area contributed by atoms with E-state index in [4.69, 9.17) is 17.3 Å². The molecule has 0 spiro atoms. The summed E-state index contributed by atoms with van der Waals surface area (Å²) in [5, 5.41) is 9.40. The van der Waals surface area contributed by atoms with E-state index in [0.717, 1.165) is 15.4 Å². The summed E-state index contributed by atoms with van der Waals surface area (Å²) in [6, 6.07) is 5.67. The molecule has 0 atom stereocenters. The molecule has 0 saturated heterocycles. The summed E-state index contributed by atoms with van der Waals surface area (Å²) >= 11 is 9.49. The quantitative estimate of drug-likeness (QED) is 0.868. The van der Waals surface area contributed by atoms with Crippen LogP contribution in [0.2, 0.25) is 5.02 Å². The lowest BCUT2D eigenvalue weighted by atomic mass is 10.2. The van der Waals surface area contributed by atoms with Crippen molar-refractivity contribution in [3.63, 3.8) is 0 Å². The van der Waals surface area contributed by atoms with Crippen LogP contribution in [0, 0.1) is 0 Å². The van der Waals surface area contributed by atoms with Crippen molar-refractivity contribution in [2.45, 2.75) is 6.54 Å². The Kier molecular flexibility index (Phi) is 2.67. The van der Waals surface area contributed by atoms with Gasteiger partial charge in [-0.1, -0.05) is 27.5 Å². The van der Waals surface area contributed by atoms with E-state index in [1.807, 2.05) is 18.2 Å². The van der Waals surface area contributed by atoms with Crippen molar-refractivity contribution in [1.82, 2.24) is 10.2 Å². The highest BCUT2D eigenvalue weighted by Crippen LogP contribution is 2.26. The standard InChI is InChI=1S/C9H7BrClN3/c10-5-1-2-7-6(3-5)9(11)8(4-12)14-13-7/h1-3H,4,12H2. The van der Waals surface area contributed by atoms with Gasteiger partial charge in [-0.25, -0.2) is 0 Å². The van der Waals surface area contributed by atoms with Crippen molar-refractivity contribution in [3.05, 3.63) is 33.4 Å². The molecule has 0 amide bonds. The third-order valence-electron chi connectivity index (χ3n) is 1.92. The first kappa shape index (κ1) is 9.83. The summed E-state index contributed by atoms with van der Waals surface area (Å²) in [7, 11) is 0. The molecular weight excluding hydrogens is 265 g/mol.